The molecule has 164 valence electrons. The minimum atomic E-state index is -0.320. The lowest BCUT2D eigenvalue weighted by atomic mass is 9.96. The summed E-state index contributed by atoms with van der Waals surface area (Å²) in [4.78, 5) is 29.4. The summed E-state index contributed by atoms with van der Waals surface area (Å²) in [6.45, 7) is 3.79. The third-order valence-corrected chi connectivity index (χ3v) is 6.07. The molecular formula is C24H28FN3O3. The molecule has 1 atom stereocenters. The van der Waals surface area contributed by atoms with Crippen molar-refractivity contribution < 1.29 is 18.7 Å². The van der Waals surface area contributed by atoms with Gasteiger partial charge in [-0.2, -0.15) is 0 Å². The zero-order valence-electron chi connectivity index (χ0n) is 17.7. The molecule has 4 rings (SSSR count). The number of carbonyl (C=O) groups is 2. The second kappa shape index (κ2) is 9.37. The summed E-state index contributed by atoms with van der Waals surface area (Å²) in [5, 5.41) is 2.83. The number of urea groups is 1. The van der Waals surface area contributed by atoms with Crippen LogP contribution in [0.2, 0.25) is 0 Å². The zero-order chi connectivity index (χ0) is 21.8. The Labute approximate surface area is 182 Å². The minimum absolute atomic E-state index is 0.0273. The first-order valence-electron chi connectivity index (χ1n) is 10.9. The SMILES string of the molecule is CC[C@H]1CN(C(=O)N2CCC(C(=O)NCc3ccccc3F)CC2)c2ccccc2O1. The molecule has 2 aliphatic rings. The summed E-state index contributed by atoms with van der Waals surface area (Å²) >= 11 is 0. The van der Waals surface area contributed by atoms with Crippen LogP contribution in [0, 0.1) is 11.7 Å². The molecule has 2 heterocycles. The number of amides is 3. The van der Waals surface area contributed by atoms with Crippen LogP contribution in [0.5, 0.6) is 5.75 Å². The van der Waals surface area contributed by atoms with E-state index in [2.05, 4.69) is 5.32 Å². The topological polar surface area (TPSA) is 61.9 Å². The number of nitrogens with zero attached hydrogens (tertiary/aromatic N) is 2. The highest BCUT2D eigenvalue weighted by atomic mass is 19.1. The number of halogens is 1. The van der Waals surface area contributed by atoms with Gasteiger partial charge in [-0.1, -0.05) is 37.3 Å². The van der Waals surface area contributed by atoms with Gasteiger partial charge in [-0.3, -0.25) is 9.69 Å². The number of anilines is 1. The number of nitrogens with one attached hydrogen (secondary N) is 1. The summed E-state index contributed by atoms with van der Waals surface area (Å²) in [7, 11) is 0. The van der Waals surface area contributed by atoms with Gasteiger partial charge in [0, 0.05) is 31.1 Å². The molecular weight excluding hydrogens is 397 g/mol. The molecule has 2 aromatic carbocycles. The number of hydrogen-bond donors (Lipinski definition) is 1. The van der Waals surface area contributed by atoms with E-state index >= 15 is 0 Å². The quantitative estimate of drug-likeness (QED) is 0.807. The van der Waals surface area contributed by atoms with E-state index in [9.17, 15) is 14.0 Å². The summed E-state index contributed by atoms with van der Waals surface area (Å²) in [6, 6.07) is 14.0. The van der Waals surface area contributed by atoms with Crippen LogP contribution >= 0.6 is 0 Å². The van der Waals surface area contributed by atoms with Crippen LogP contribution in [-0.4, -0.2) is 42.6 Å². The molecule has 31 heavy (non-hydrogen) atoms. The molecule has 1 N–H and O–H groups in total. The highest BCUT2D eigenvalue weighted by Gasteiger charge is 2.34. The molecule has 6 nitrogen and oxygen atoms in total. The first-order chi connectivity index (χ1) is 15.1. The average molecular weight is 426 g/mol. The number of benzene rings is 2. The Morgan fingerprint density at radius 1 is 1.10 bits per heavy atom. The third-order valence-electron chi connectivity index (χ3n) is 6.07. The van der Waals surface area contributed by atoms with E-state index in [1.165, 1.54) is 6.07 Å². The molecule has 0 radical (unpaired) electrons. The van der Waals surface area contributed by atoms with Gasteiger partial charge < -0.3 is 15.0 Å². The number of para-hydroxylation sites is 2. The Balaban J connectivity index is 1.34. The fraction of sp³-hybridized carbons (Fsp3) is 0.417. The molecule has 0 spiro atoms. The summed E-state index contributed by atoms with van der Waals surface area (Å²) < 4.78 is 19.7. The maximum absolute atomic E-state index is 13.7. The summed E-state index contributed by atoms with van der Waals surface area (Å²) in [6.07, 6.45) is 1.99. The highest BCUT2D eigenvalue weighted by Crippen LogP contribution is 2.35. The van der Waals surface area contributed by atoms with E-state index in [4.69, 9.17) is 4.74 Å². The maximum Gasteiger partial charge on any atom is 0.324 e. The van der Waals surface area contributed by atoms with Gasteiger partial charge in [-0.15, -0.1) is 0 Å². The van der Waals surface area contributed by atoms with Crippen molar-refractivity contribution in [1.82, 2.24) is 10.2 Å². The van der Waals surface area contributed by atoms with Gasteiger partial charge in [-0.05, 0) is 37.5 Å². The number of likely N-dealkylation sites (tertiary alicyclic amines) is 1. The number of piperidine rings is 1. The molecule has 0 saturated carbocycles. The van der Waals surface area contributed by atoms with Crippen LogP contribution in [0.3, 0.4) is 0 Å². The van der Waals surface area contributed by atoms with E-state index in [0.717, 1.165) is 17.9 Å². The molecule has 0 aromatic heterocycles. The largest absolute Gasteiger partial charge is 0.486 e. The van der Waals surface area contributed by atoms with Gasteiger partial charge >= 0.3 is 6.03 Å². The van der Waals surface area contributed by atoms with E-state index < -0.39 is 0 Å². The fourth-order valence-corrected chi connectivity index (χ4v) is 4.16. The predicted molar refractivity (Wildman–Crippen MR) is 116 cm³/mol. The smallest absolute Gasteiger partial charge is 0.324 e. The first-order valence-corrected chi connectivity index (χ1v) is 10.9. The van der Waals surface area contributed by atoms with E-state index in [-0.39, 0.29) is 36.3 Å². The molecule has 0 bridgehead atoms. The number of rotatable bonds is 4. The molecule has 2 aliphatic heterocycles. The molecule has 0 unspecified atom stereocenters. The molecule has 2 aromatic rings. The first kappa shape index (κ1) is 21.2. The second-order valence-electron chi connectivity index (χ2n) is 8.08. The Morgan fingerprint density at radius 3 is 2.55 bits per heavy atom. The summed E-state index contributed by atoms with van der Waals surface area (Å²) in [5.74, 6) is 0.157. The van der Waals surface area contributed by atoms with Crippen LogP contribution in [0.15, 0.2) is 48.5 Å². The zero-order valence-corrected chi connectivity index (χ0v) is 17.7. The third kappa shape index (κ3) is 4.65. The van der Waals surface area contributed by atoms with Crippen molar-refractivity contribution in [2.45, 2.75) is 38.8 Å². The highest BCUT2D eigenvalue weighted by molar-refractivity contribution is 5.94. The van der Waals surface area contributed by atoms with Crippen molar-refractivity contribution in [2.75, 3.05) is 24.5 Å². The van der Waals surface area contributed by atoms with Gasteiger partial charge in [0.1, 0.15) is 17.7 Å². The van der Waals surface area contributed by atoms with Gasteiger partial charge in [0.15, 0.2) is 0 Å². The average Bonchev–Trinajstić information content (AvgIpc) is 2.82. The van der Waals surface area contributed by atoms with Crippen molar-refractivity contribution in [3.63, 3.8) is 0 Å². The second-order valence-corrected chi connectivity index (χ2v) is 8.08. The normalized spacial score (nSPS) is 18.8. The summed E-state index contributed by atoms with van der Waals surface area (Å²) in [5.41, 5.74) is 1.27. The van der Waals surface area contributed by atoms with Crippen molar-refractivity contribution >= 4 is 17.6 Å². The van der Waals surface area contributed by atoms with Crippen molar-refractivity contribution in [3.8, 4) is 5.75 Å². The standard InChI is InChI=1S/C24H28FN3O3/c1-2-19-16-28(21-9-5-6-10-22(21)31-19)24(30)27-13-11-17(12-14-27)23(29)26-15-18-7-3-4-8-20(18)25/h3-10,17,19H,2,11-16H2,1H3,(H,26,29)/t19-/m0/s1. The fourth-order valence-electron chi connectivity index (χ4n) is 4.16. The minimum Gasteiger partial charge on any atom is -0.486 e. The van der Waals surface area contributed by atoms with Crippen LogP contribution in [0.1, 0.15) is 31.7 Å². The number of ether oxygens (including phenoxy) is 1. The lowest BCUT2D eigenvalue weighted by molar-refractivity contribution is -0.126. The molecule has 7 heteroatoms. The van der Waals surface area contributed by atoms with E-state index in [0.29, 0.717) is 38.0 Å². The van der Waals surface area contributed by atoms with Crippen LogP contribution in [-0.2, 0) is 11.3 Å². The monoisotopic (exact) mass is 425 g/mol. The van der Waals surface area contributed by atoms with Gasteiger partial charge in [-0.25, -0.2) is 9.18 Å². The van der Waals surface area contributed by atoms with Gasteiger partial charge in [0.25, 0.3) is 0 Å². The van der Waals surface area contributed by atoms with Crippen molar-refractivity contribution in [3.05, 3.63) is 59.9 Å². The Hall–Kier alpha value is -3.09. The van der Waals surface area contributed by atoms with Crippen LogP contribution in [0.25, 0.3) is 0 Å². The Morgan fingerprint density at radius 2 is 1.81 bits per heavy atom. The van der Waals surface area contributed by atoms with Gasteiger partial charge in [0.2, 0.25) is 5.91 Å². The maximum atomic E-state index is 13.7. The predicted octanol–water partition coefficient (Wildman–Crippen LogP) is 3.95. The van der Waals surface area contributed by atoms with E-state index in [1.54, 1.807) is 23.1 Å². The Kier molecular flexibility index (Phi) is 6.39. The number of hydrogen-bond acceptors (Lipinski definition) is 3. The van der Waals surface area contributed by atoms with Crippen molar-refractivity contribution in [2.24, 2.45) is 5.92 Å². The lowest BCUT2D eigenvalue weighted by Gasteiger charge is -2.39. The van der Waals surface area contributed by atoms with E-state index in [1.807, 2.05) is 36.1 Å². The molecule has 1 fully saturated rings. The molecule has 0 aliphatic carbocycles. The molecule has 1 saturated heterocycles. The number of carbonyl (C=O) groups excluding carboxylic acids is 2. The lowest BCUT2D eigenvalue weighted by Crippen LogP contribution is -2.52. The molecule has 3 amide bonds. The number of fused-ring (bicyclic) bond motifs is 1. The van der Waals surface area contributed by atoms with Crippen LogP contribution in [0.4, 0.5) is 14.9 Å². The van der Waals surface area contributed by atoms with Crippen molar-refractivity contribution in [1.29, 1.82) is 0 Å². The van der Waals surface area contributed by atoms with Crippen LogP contribution < -0.4 is 15.0 Å². The Bertz CT molecular complexity index is 943. The van der Waals surface area contributed by atoms with Gasteiger partial charge in [0.05, 0.1) is 12.2 Å².